The number of hydrogen-bond acceptors (Lipinski definition) is 5. The zero-order valence-corrected chi connectivity index (χ0v) is 12.3. The first-order chi connectivity index (χ1) is 10.3. The van der Waals surface area contributed by atoms with Gasteiger partial charge in [-0.2, -0.15) is 5.26 Å². The Morgan fingerprint density at radius 1 is 1.29 bits per heavy atom. The van der Waals surface area contributed by atoms with Gasteiger partial charge in [-0.25, -0.2) is 0 Å². The highest BCUT2D eigenvalue weighted by molar-refractivity contribution is 5.19. The molecule has 5 heteroatoms. The third-order valence-electron chi connectivity index (χ3n) is 4.28. The number of nitrogens with zero attached hydrogens (tertiary/aromatic N) is 2. The highest BCUT2D eigenvalue weighted by Gasteiger charge is 2.23. The molecule has 2 aliphatic heterocycles. The van der Waals surface area contributed by atoms with Gasteiger partial charge in [0.2, 0.25) is 5.76 Å². The molecule has 0 aromatic carbocycles. The topological polar surface area (TPSA) is 58.6 Å². The molecule has 1 atom stereocenters. The highest BCUT2D eigenvalue weighted by atomic mass is 16.5. The Bertz CT molecular complexity index is 480. The molecule has 21 heavy (non-hydrogen) atoms. The van der Waals surface area contributed by atoms with E-state index in [2.05, 4.69) is 4.90 Å². The van der Waals surface area contributed by atoms with E-state index in [-0.39, 0.29) is 0 Å². The maximum atomic E-state index is 8.76. The molecule has 114 valence electrons. The van der Waals surface area contributed by atoms with Crippen molar-refractivity contribution in [2.75, 3.05) is 32.9 Å². The number of ether oxygens (including phenoxy) is 2. The predicted molar refractivity (Wildman–Crippen MR) is 76.6 cm³/mol. The van der Waals surface area contributed by atoms with Crippen LogP contribution in [-0.4, -0.2) is 43.9 Å². The summed E-state index contributed by atoms with van der Waals surface area (Å²) in [6.45, 7) is 5.42. The first-order valence-electron chi connectivity index (χ1n) is 7.74. The summed E-state index contributed by atoms with van der Waals surface area (Å²) >= 11 is 0. The van der Waals surface area contributed by atoms with E-state index in [1.165, 1.54) is 0 Å². The van der Waals surface area contributed by atoms with Gasteiger partial charge in [0.15, 0.2) is 0 Å². The molecule has 2 saturated heterocycles. The molecule has 0 unspecified atom stereocenters. The lowest BCUT2D eigenvalue weighted by atomic mass is 10.1. The van der Waals surface area contributed by atoms with Crippen LogP contribution in [0.15, 0.2) is 16.5 Å². The third-order valence-corrected chi connectivity index (χ3v) is 4.28. The number of piperidine rings is 1. The van der Waals surface area contributed by atoms with Gasteiger partial charge in [0.25, 0.3) is 0 Å². The molecule has 0 aliphatic carbocycles. The van der Waals surface area contributed by atoms with E-state index in [9.17, 15) is 0 Å². The lowest BCUT2D eigenvalue weighted by Gasteiger charge is -2.31. The highest BCUT2D eigenvalue weighted by Crippen LogP contribution is 2.20. The first-order valence-corrected chi connectivity index (χ1v) is 7.74. The minimum Gasteiger partial charge on any atom is -0.449 e. The molecule has 0 saturated carbocycles. The van der Waals surface area contributed by atoms with E-state index in [4.69, 9.17) is 19.2 Å². The summed E-state index contributed by atoms with van der Waals surface area (Å²) in [6.07, 6.45) is 3.66. The third kappa shape index (κ3) is 4.07. The second-order valence-electron chi connectivity index (χ2n) is 5.92. The first kappa shape index (κ1) is 14.6. The summed E-state index contributed by atoms with van der Waals surface area (Å²) in [7, 11) is 0. The Morgan fingerprint density at radius 3 is 2.81 bits per heavy atom. The molecule has 0 radical (unpaired) electrons. The van der Waals surface area contributed by atoms with Crippen molar-refractivity contribution in [1.29, 1.82) is 5.26 Å². The number of furan rings is 1. The molecule has 2 fully saturated rings. The maximum absolute atomic E-state index is 8.76. The molecule has 0 spiro atoms. The second-order valence-corrected chi connectivity index (χ2v) is 5.92. The molecule has 3 rings (SSSR count). The fourth-order valence-corrected chi connectivity index (χ4v) is 2.96. The van der Waals surface area contributed by atoms with Crippen molar-refractivity contribution in [3.05, 3.63) is 23.7 Å². The molecule has 2 aliphatic rings. The van der Waals surface area contributed by atoms with Gasteiger partial charge in [-0.3, -0.25) is 4.90 Å². The van der Waals surface area contributed by atoms with Crippen LogP contribution in [0.25, 0.3) is 0 Å². The largest absolute Gasteiger partial charge is 0.449 e. The van der Waals surface area contributed by atoms with Gasteiger partial charge in [-0.05, 0) is 31.4 Å². The van der Waals surface area contributed by atoms with Gasteiger partial charge in [0.05, 0.1) is 25.9 Å². The van der Waals surface area contributed by atoms with Crippen LogP contribution in [0, 0.1) is 17.2 Å². The number of hydrogen-bond donors (Lipinski definition) is 0. The van der Waals surface area contributed by atoms with Crippen LogP contribution in [0.2, 0.25) is 0 Å². The molecule has 1 aromatic rings. The SMILES string of the molecule is N#Cc1ccc(CN2CCC(OC[C@@H]3CCOC3)CC2)o1. The van der Waals surface area contributed by atoms with E-state index in [1.807, 2.05) is 12.1 Å². The number of rotatable bonds is 5. The van der Waals surface area contributed by atoms with E-state index >= 15 is 0 Å². The molecule has 5 nitrogen and oxygen atoms in total. The van der Waals surface area contributed by atoms with Crippen molar-refractivity contribution in [3.63, 3.8) is 0 Å². The van der Waals surface area contributed by atoms with E-state index in [0.717, 1.165) is 64.5 Å². The maximum Gasteiger partial charge on any atom is 0.203 e. The minimum absolute atomic E-state index is 0.383. The molecule has 3 heterocycles. The average Bonchev–Trinajstić information content (AvgIpc) is 3.18. The Balaban J connectivity index is 1.37. The molecule has 0 amide bonds. The summed E-state index contributed by atoms with van der Waals surface area (Å²) in [4.78, 5) is 2.36. The van der Waals surface area contributed by atoms with Crippen LogP contribution in [0.4, 0.5) is 0 Å². The average molecular weight is 290 g/mol. The van der Waals surface area contributed by atoms with Crippen LogP contribution in [0.3, 0.4) is 0 Å². The van der Waals surface area contributed by atoms with Crippen molar-refractivity contribution in [1.82, 2.24) is 4.90 Å². The Labute approximate surface area is 125 Å². The Morgan fingerprint density at radius 2 is 2.14 bits per heavy atom. The normalized spacial score (nSPS) is 24.2. The van der Waals surface area contributed by atoms with E-state index in [1.54, 1.807) is 6.07 Å². The zero-order chi connectivity index (χ0) is 14.5. The monoisotopic (exact) mass is 290 g/mol. The summed E-state index contributed by atoms with van der Waals surface area (Å²) in [5.41, 5.74) is 0. The van der Waals surface area contributed by atoms with Crippen molar-refractivity contribution in [2.45, 2.75) is 31.9 Å². The summed E-state index contributed by atoms with van der Waals surface area (Å²) in [5.74, 6) is 1.85. The Hall–Kier alpha value is -1.35. The van der Waals surface area contributed by atoms with Crippen LogP contribution in [0.5, 0.6) is 0 Å². The lowest BCUT2D eigenvalue weighted by molar-refractivity contribution is -0.0125. The summed E-state index contributed by atoms with van der Waals surface area (Å²) < 4.78 is 16.8. The smallest absolute Gasteiger partial charge is 0.203 e. The molecular weight excluding hydrogens is 268 g/mol. The van der Waals surface area contributed by atoms with Gasteiger partial charge >= 0.3 is 0 Å². The Kier molecular flexibility index (Phi) is 4.91. The molecule has 1 aromatic heterocycles. The lowest BCUT2D eigenvalue weighted by Crippen LogP contribution is -2.37. The summed E-state index contributed by atoms with van der Waals surface area (Å²) in [5, 5.41) is 8.76. The molecule has 0 bridgehead atoms. The van der Waals surface area contributed by atoms with Crippen LogP contribution in [-0.2, 0) is 16.0 Å². The van der Waals surface area contributed by atoms with Gasteiger partial charge in [-0.15, -0.1) is 0 Å². The van der Waals surface area contributed by atoms with E-state index in [0.29, 0.717) is 17.8 Å². The quantitative estimate of drug-likeness (QED) is 0.831. The fourth-order valence-electron chi connectivity index (χ4n) is 2.96. The van der Waals surface area contributed by atoms with Crippen molar-refractivity contribution in [2.24, 2.45) is 5.92 Å². The van der Waals surface area contributed by atoms with Crippen molar-refractivity contribution in [3.8, 4) is 6.07 Å². The number of nitriles is 1. The second kappa shape index (κ2) is 7.08. The fraction of sp³-hybridized carbons (Fsp3) is 0.688. The van der Waals surface area contributed by atoms with Crippen LogP contribution in [0.1, 0.15) is 30.8 Å². The predicted octanol–water partition coefficient (Wildman–Crippen LogP) is 2.17. The molecular formula is C16H22N2O3. The minimum atomic E-state index is 0.383. The van der Waals surface area contributed by atoms with Gasteiger partial charge in [0.1, 0.15) is 11.8 Å². The van der Waals surface area contributed by atoms with Crippen molar-refractivity contribution < 1.29 is 13.9 Å². The van der Waals surface area contributed by atoms with Crippen LogP contribution >= 0.6 is 0 Å². The molecule has 0 N–H and O–H groups in total. The van der Waals surface area contributed by atoms with Crippen molar-refractivity contribution >= 4 is 0 Å². The van der Waals surface area contributed by atoms with Crippen LogP contribution < -0.4 is 0 Å². The van der Waals surface area contributed by atoms with Gasteiger partial charge < -0.3 is 13.9 Å². The van der Waals surface area contributed by atoms with E-state index < -0.39 is 0 Å². The number of likely N-dealkylation sites (tertiary alicyclic amines) is 1. The summed E-state index contributed by atoms with van der Waals surface area (Å²) in [6, 6.07) is 5.64. The zero-order valence-electron chi connectivity index (χ0n) is 12.3. The van der Waals surface area contributed by atoms with Gasteiger partial charge in [-0.1, -0.05) is 0 Å². The standard InChI is InChI=1S/C16H22N2O3/c17-9-15-1-2-16(21-15)10-18-6-3-14(4-7-18)20-12-13-5-8-19-11-13/h1-2,13-14H,3-8,10-12H2/t13-/m1/s1. The van der Waals surface area contributed by atoms with Gasteiger partial charge in [0, 0.05) is 25.6 Å².